The van der Waals surface area contributed by atoms with E-state index in [1.807, 2.05) is 19.2 Å². The van der Waals surface area contributed by atoms with Crippen LogP contribution in [0, 0.1) is 0 Å². The predicted molar refractivity (Wildman–Crippen MR) is 123 cm³/mol. The van der Waals surface area contributed by atoms with Crippen LogP contribution >= 0.6 is 11.8 Å². The molecular formula is C23H29N5O2S. The van der Waals surface area contributed by atoms with Gasteiger partial charge in [-0.15, -0.1) is 10.2 Å². The van der Waals surface area contributed by atoms with Crippen LogP contribution < -0.4 is 9.80 Å². The summed E-state index contributed by atoms with van der Waals surface area (Å²) in [7, 11) is 2.04. The van der Waals surface area contributed by atoms with Crippen molar-refractivity contribution < 1.29 is 9.53 Å². The number of nitrogens with zero attached hydrogens (tertiary/aromatic N) is 5. The average Bonchev–Trinajstić information content (AvgIpc) is 3.50. The second-order valence-corrected chi connectivity index (χ2v) is 9.91. The monoisotopic (exact) mass is 439 g/mol. The van der Waals surface area contributed by atoms with E-state index in [2.05, 4.69) is 56.6 Å². The lowest BCUT2D eigenvalue weighted by atomic mass is 9.83. The summed E-state index contributed by atoms with van der Waals surface area (Å²) in [5, 5.41) is 9.76. The van der Waals surface area contributed by atoms with Gasteiger partial charge in [0.1, 0.15) is 0 Å². The maximum Gasteiger partial charge on any atom is 0.228 e. The molecule has 164 valence electrons. The van der Waals surface area contributed by atoms with Crippen molar-refractivity contribution in [2.45, 2.75) is 43.3 Å². The Bertz CT molecular complexity index is 1020. The molecule has 31 heavy (non-hydrogen) atoms. The van der Waals surface area contributed by atoms with Gasteiger partial charge in [-0.25, -0.2) is 0 Å². The van der Waals surface area contributed by atoms with Gasteiger partial charge in [0.05, 0.1) is 19.0 Å². The van der Waals surface area contributed by atoms with Crippen LogP contribution in [-0.4, -0.2) is 59.7 Å². The number of ether oxygens (including phenoxy) is 1. The molecule has 0 atom stereocenters. The Morgan fingerprint density at radius 3 is 2.68 bits per heavy atom. The molecule has 1 saturated carbocycles. The normalized spacial score (nSPS) is 21.6. The van der Waals surface area contributed by atoms with Gasteiger partial charge in [-0.3, -0.25) is 9.36 Å². The van der Waals surface area contributed by atoms with Gasteiger partial charge < -0.3 is 14.5 Å². The topological polar surface area (TPSA) is 63.5 Å². The van der Waals surface area contributed by atoms with E-state index in [0.29, 0.717) is 11.8 Å². The lowest BCUT2D eigenvalue weighted by Gasteiger charge is -2.27. The first-order valence-electron chi connectivity index (χ1n) is 11.0. The molecule has 0 bridgehead atoms. The number of ketones is 1. The van der Waals surface area contributed by atoms with Crippen molar-refractivity contribution >= 4 is 29.2 Å². The van der Waals surface area contributed by atoms with Crippen molar-refractivity contribution in [2.75, 3.05) is 48.9 Å². The van der Waals surface area contributed by atoms with Gasteiger partial charge >= 0.3 is 0 Å². The van der Waals surface area contributed by atoms with E-state index < -0.39 is 0 Å². The molecule has 1 aliphatic carbocycles. The van der Waals surface area contributed by atoms with E-state index in [-0.39, 0.29) is 11.2 Å². The van der Waals surface area contributed by atoms with Gasteiger partial charge in [-0.05, 0) is 24.5 Å². The Morgan fingerprint density at radius 1 is 1.23 bits per heavy atom. The maximum absolute atomic E-state index is 13.0. The van der Waals surface area contributed by atoms with Crippen molar-refractivity contribution in [1.29, 1.82) is 0 Å². The highest BCUT2D eigenvalue weighted by atomic mass is 32.2. The minimum absolute atomic E-state index is 0.103. The second-order valence-electron chi connectivity index (χ2n) is 8.97. The van der Waals surface area contributed by atoms with Crippen molar-refractivity contribution in [3.63, 3.8) is 0 Å². The van der Waals surface area contributed by atoms with E-state index in [1.54, 1.807) is 0 Å². The number of morpholine rings is 1. The van der Waals surface area contributed by atoms with Gasteiger partial charge in [0, 0.05) is 49.1 Å². The predicted octanol–water partition coefficient (Wildman–Crippen LogP) is 3.42. The summed E-state index contributed by atoms with van der Waals surface area (Å²) in [6, 6.07) is 8.83. The molecule has 2 aliphatic heterocycles. The highest BCUT2D eigenvalue weighted by molar-refractivity contribution is 7.99. The lowest BCUT2D eigenvalue weighted by Crippen LogP contribution is -2.38. The fourth-order valence-electron chi connectivity index (χ4n) is 4.59. The number of aromatic nitrogens is 3. The van der Waals surface area contributed by atoms with E-state index in [1.165, 1.54) is 23.0 Å². The highest BCUT2D eigenvalue weighted by Crippen LogP contribution is 2.46. The van der Waals surface area contributed by atoms with Crippen LogP contribution in [0.5, 0.6) is 0 Å². The first-order valence-corrected chi connectivity index (χ1v) is 11.9. The Labute approximate surface area is 187 Å². The molecule has 0 spiro atoms. The molecule has 0 N–H and O–H groups in total. The summed E-state index contributed by atoms with van der Waals surface area (Å²) in [6.07, 6.45) is 4.12. The molecule has 3 aliphatic rings. The van der Waals surface area contributed by atoms with Gasteiger partial charge in [-0.2, -0.15) is 0 Å². The number of carbonyl (C=O) groups excluding carboxylic acids is 1. The van der Waals surface area contributed by atoms with Gasteiger partial charge in [0.2, 0.25) is 5.95 Å². The molecule has 0 amide bonds. The van der Waals surface area contributed by atoms with Crippen molar-refractivity contribution in [1.82, 2.24) is 14.8 Å². The molecule has 0 unspecified atom stereocenters. The molecule has 2 fully saturated rings. The van der Waals surface area contributed by atoms with E-state index in [9.17, 15) is 4.79 Å². The summed E-state index contributed by atoms with van der Waals surface area (Å²) in [5.41, 5.74) is 3.27. The molecule has 7 nitrogen and oxygen atoms in total. The van der Waals surface area contributed by atoms with Crippen LogP contribution in [0.15, 0.2) is 41.2 Å². The maximum atomic E-state index is 13.0. The number of anilines is 2. The fourth-order valence-corrected chi connectivity index (χ4v) is 5.41. The Hall–Kier alpha value is -2.32. The number of benzene rings is 1. The van der Waals surface area contributed by atoms with Crippen LogP contribution in [0.25, 0.3) is 0 Å². The van der Waals surface area contributed by atoms with Crippen LogP contribution in [0.1, 0.15) is 38.3 Å². The molecule has 3 heterocycles. The number of carbonyl (C=O) groups is 1. The van der Waals surface area contributed by atoms with Crippen molar-refractivity contribution in [3.05, 3.63) is 41.6 Å². The van der Waals surface area contributed by atoms with E-state index in [0.717, 1.165) is 55.9 Å². The van der Waals surface area contributed by atoms with Gasteiger partial charge in [0.25, 0.3) is 0 Å². The molecular weight excluding hydrogens is 410 g/mol. The van der Waals surface area contributed by atoms with Gasteiger partial charge in [-0.1, -0.05) is 43.8 Å². The van der Waals surface area contributed by atoms with E-state index >= 15 is 0 Å². The number of rotatable bonds is 6. The Balaban J connectivity index is 1.32. The molecule has 1 aromatic heterocycles. The summed E-state index contributed by atoms with van der Waals surface area (Å²) < 4.78 is 7.71. The zero-order chi connectivity index (χ0) is 21.6. The first-order chi connectivity index (χ1) is 15.0. The third-order valence-corrected chi connectivity index (χ3v) is 7.40. The van der Waals surface area contributed by atoms with Crippen molar-refractivity contribution in [3.8, 4) is 0 Å². The minimum atomic E-state index is -0.191. The molecule has 0 radical (unpaired) electrons. The van der Waals surface area contributed by atoms with Crippen molar-refractivity contribution in [2.24, 2.45) is 0 Å². The number of hydrogen-bond acceptors (Lipinski definition) is 7. The quantitative estimate of drug-likeness (QED) is 0.505. The summed E-state index contributed by atoms with van der Waals surface area (Å²) >= 11 is 1.50. The SMILES string of the molecule is CN1/C(=C/C(=O)CSc2nnc(N3CCOCC3)n2C2CC2)C(C)(C)c2ccccc21. The van der Waals surface area contributed by atoms with Gasteiger partial charge in [0.15, 0.2) is 10.9 Å². The van der Waals surface area contributed by atoms with Crippen LogP contribution in [0.3, 0.4) is 0 Å². The zero-order valence-corrected chi connectivity index (χ0v) is 19.2. The lowest BCUT2D eigenvalue weighted by molar-refractivity contribution is -0.112. The number of hydrogen-bond donors (Lipinski definition) is 0. The third-order valence-electron chi connectivity index (χ3n) is 6.43. The van der Waals surface area contributed by atoms with Crippen LogP contribution in [-0.2, 0) is 14.9 Å². The molecule has 8 heteroatoms. The number of para-hydroxylation sites is 1. The number of allylic oxidation sites excluding steroid dienone is 2. The molecule has 1 aromatic carbocycles. The molecule has 1 saturated heterocycles. The minimum Gasteiger partial charge on any atom is -0.378 e. The zero-order valence-electron chi connectivity index (χ0n) is 18.4. The Kier molecular flexibility index (Phi) is 5.30. The summed E-state index contributed by atoms with van der Waals surface area (Å²) in [5.74, 6) is 1.38. The smallest absolute Gasteiger partial charge is 0.228 e. The third kappa shape index (κ3) is 3.76. The number of thioether (sulfide) groups is 1. The summed E-state index contributed by atoms with van der Waals surface area (Å²) in [4.78, 5) is 17.3. The average molecular weight is 440 g/mol. The van der Waals surface area contributed by atoms with E-state index in [4.69, 9.17) is 4.74 Å². The summed E-state index contributed by atoms with van der Waals surface area (Å²) in [6.45, 7) is 7.47. The molecule has 2 aromatic rings. The Morgan fingerprint density at radius 2 is 1.97 bits per heavy atom. The molecule has 5 rings (SSSR count). The largest absolute Gasteiger partial charge is 0.378 e. The highest BCUT2D eigenvalue weighted by Gasteiger charge is 2.38. The van der Waals surface area contributed by atoms with Crippen LogP contribution in [0.2, 0.25) is 0 Å². The first kappa shape index (κ1) is 20.6. The number of likely N-dealkylation sites (N-methyl/N-ethyl adjacent to an activating group) is 1. The fraction of sp³-hybridized carbons (Fsp3) is 0.522. The number of fused-ring (bicyclic) bond motifs is 1. The second kappa shape index (κ2) is 7.98. The van der Waals surface area contributed by atoms with Crippen LogP contribution in [0.4, 0.5) is 11.6 Å². The standard InChI is InChI=1S/C23H29N5O2S/c1-23(2)18-6-4-5-7-19(18)26(3)20(23)14-17(29)15-31-22-25-24-21(28(22)16-8-9-16)27-10-12-30-13-11-27/h4-7,14,16H,8-13,15H2,1-3H3/b20-14+.